The number of amides is 3. The molecule has 1 saturated carbocycles. The van der Waals surface area contributed by atoms with Gasteiger partial charge in [0.25, 0.3) is 5.91 Å². The van der Waals surface area contributed by atoms with E-state index in [1.54, 1.807) is 4.90 Å². The molecule has 1 unspecified atom stereocenters. The lowest BCUT2D eigenvalue weighted by atomic mass is 9.88. The molecular formula is C24H33ClFN3O3. The highest BCUT2D eigenvalue weighted by atomic mass is 35.5. The van der Waals surface area contributed by atoms with E-state index in [0.29, 0.717) is 31.5 Å². The third-order valence-electron chi connectivity index (χ3n) is 6.58. The van der Waals surface area contributed by atoms with Gasteiger partial charge in [-0.2, -0.15) is 0 Å². The minimum atomic E-state index is -0.602. The van der Waals surface area contributed by atoms with Crippen molar-refractivity contribution in [3.63, 3.8) is 0 Å². The van der Waals surface area contributed by atoms with Gasteiger partial charge >= 0.3 is 0 Å². The van der Waals surface area contributed by atoms with Crippen molar-refractivity contribution in [2.24, 2.45) is 11.3 Å². The van der Waals surface area contributed by atoms with Gasteiger partial charge in [-0.3, -0.25) is 14.4 Å². The van der Waals surface area contributed by atoms with Crippen molar-refractivity contribution in [2.75, 3.05) is 19.0 Å². The zero-order valence-electron chi connectivity index (χ0n) is 18.8. The predicted molar refractivity (Wildman–Crippen MR) is 122 cm³/mol. The summed E-state index contributed by atoms with van der Waals surface area (Å²) in [5.74, 6) is -0.510. The van der Waals surface area contributed by atoms with Crippen LogP contribution in [0.5, 0.6) is 0 Å². The van der Waals surface area contributed by atoms with Gasteiger partial charge in [0.05, 0.1) is 5.41 Å². The maximum atomic E-state index is 13.1. The number of benzene rings is 1. The summed E-state index contributed by atoms with van der Waals surface area (Å²) in [6.07, 6.45) is 4.82. The van der Waals surface area contributed by atoms with Crippen LogP contribution in [0.15, 0.2) is 24.3 Å². The van der Waals surface area contributed by atoms with Gasteiger partial charge in [0.15, 0.2) is 0 Å². The Kier molecular flexibility index (Phi) is 8.15. The molecule has 1 saturated heterocycles. The monoisotopic (exact) mass is 465 g/mol. The summed E-state index contributed by atoms with van der Waals surface area (Å²) in [6.45, 7) is 4.77. The number of hydrogen-bond acceptors (Lipinski definition) is 3. The molecule has 2 aliphatic rings. The number of rotatable bonds is 6. The fourth-order valence-corrected chi connectivity index (χ4v) is 4.57. The molecule has 176 valence electrons. The second-order valence-corrected chi connectivity index (χ2v) is 9.84. The summed E-state index contributed by atoms with van der Waals surface area (Å²) >= 11 is 5.93. The van der Waals surface area contributed by atoms with Crippen LogP contribution in [0.1, 0.15) is 62.7 Å². The predicted octanol–water partition coefficient (Wildman–Crippen LogP) is 3.49. The molecule has 1 aromatic rings. The van der Waals surface area contributed by atoms with E-state index >= 15 is 0 Å². The molecule has 3 rings (SSSR count). The smallest absolute Gasteiger partial charge is 0.251 e. The van der Waals surface area contributed by atoms with Crippen LogP contribution >= 0.6 is 11.6 Å². The molecule has 8 heteroatoms. The van der Waals surface area contributed by atoms with Crippen molar-refractivity contribution in [3.8, 4) is 0 Å². The molecule has 0 radical (unpaired) electrons. The van der Waals surface area contributed by atoms with Gasteiger partial charge in [0.1, 0.15) is 5.82 Å². The first kappa shape index (κ1) is 24.5. The molecule has 1 heterocycles. The van der Waals surface area contributed by atoms with Gasteiger partial charge in [0, 0.05) is 42.5 Å². The summed E-state index contributed by atoms with van der Waals surface area (Å²) in [5.41, 5.74) is -0.201. The lowest BCUT2D eigenvalue weighted by Gasteiger charge is -2.37. The molecule has 6 nitrogen and oxygen atoms in total. The van der Waals surface area contributed by atoms with Crippen LogP contribution < -0.4 is 10.6 Å². The van der Waals surface area contributed by atoms with Crippen LogP contribution in [0.25, 0.3) is 0 Å². The Morgan fingerprint density at radius 3 is 2.12 bits per heavy atom. The standard InChI is InChI=1S/C24H33ClFN3O3/c1-24(2,15-25)23(32)29-13-11-17(12-14-29)22(31)28-20-6-4-3-5-19(20)27-21(30)16-7-9-18(26)10-8-16/h7-10,17,19-20H,3-6,11-15H2,1-2H3,(H,27,30)(H,28,31)/t19-,20?/m1/s1. The zero-order chi connectivity index (χ0) is 23.3. The Balaban J connectivity index is 1.53. The first-order valence-corrected chi connectivity index (χ1v) is 12.0. The van der Waals surface area contributed by atoms with Gasteiger partial charge in [-0.1, -0.05) is 12.8 Å². The molecule has 0 aromatic heterocycles. The maximum absolute atomic E-state index is 13.1. The average molecular weight is 466 g/mol. The Labute approximate surface area is 194 Å². The van der Waals surface area contributed by atoms with E-state index in [1.165, 1.54) is 24.3 Å². The van der Waals surface area contributed by atoms with Crippen molar-refractivity contribution in [1.29, 1.82) is 0 Å². The lowest BCUT2D eigenvalue weighted by molar-refractivity contribution is -0.142. The maximum Gasteiger partial charge on any atom is 0.251 e. The highest BCUT2D eigenvalue weighted by Crippen LogP contribution is 2.26. The van der Waals surface area contributed by atoms with E-state index in [-0.39, 0.29) is 47.4 Å². The fraction of sp³-hybridized carbons (Fsp3) is 0.625. The average Bonchev–Trinajstić information content (AvgIpc) is 2.80. The number of nitrogens with zero attached hydrogens (tertiary/aromatic N) is 1. The summed E-state index contributed by atoms with van der Waals surface area (Å²) in [5, 5.41) is 6.17. The van der Waals surface area contributed by atoms with Crippen molar-refractivity contribution >= 4 is 29.3 Å². The topological polar surface area (TPSA) is 78.5 Å². The highest BCUT2D eigenvalue weighted by molar-refractivity contribution is 6.19. The largest absolute Gasteiger partial charge is 0.351 e. The number of nitrogens with one attached hydrogen (secondary N) is 2. The minimum absolute atomic E-state index is 0.0124. The number of piperidine rings is 1. The van der Waals surface area contributed by atoms with Crippen LogP contribution in [0.3, 0.4) is 0 Å². The summed E-state index contributed by atoms with van der Waals surface area (Å²) in [7, 11) is 0. The molecule has 1 aromatic carbocycles. The number of hydrogen-bond donors (Lipinski definition) is 2. The number of carbonyl (C=O) groups is 3. The molecule has 2 atom stereocenters. The van der Waals surface area contributed by atoms with Crippen LogP contribution in [0, 0.1) is 17.2 Å². The summed E-state index contributed by atoms with van der Waals surface area (Å²) in [6, 6.07) is 5.16. The van der Waals surface area contributed by atoms with Gasteiger partial charge in [-0.05, 0) is 63.8 Å². The summed E-state index contributed by atoms with van der Waals surface area (Å²) in [4.78, 5) is 39.9. The molecule has 2 fully saturated rings. The molecule has 32 heavy (non-hydrogen) atoms. The Bertz CT molecular complexity index is 822. The summed E-state index contributed by atoms with van der Waals surface area (Å²) < 4.78 is 13.1. The molecule has 1 aliphatic heterocycles. The van der Waals surface area contributed by atoms with E-state index in [9.17, 15) is 18.8 Å². The molecule has 0 spiro atoms. The third-order valence-corrected chi connectivity index (χ3v) is 7.25. The molecule has 1 aliphatic carbocycles. The van der Waals surface area contributed by atoms with Crippen molar-refractivity contribution in [3.05, 3.63) is 35.6 Å². The van der Waals surface area contributed by atoms with Gasteiger partial charge in [0.2, 0.25) is 11.8 Å². The number of halogens is 2. The third kappa shape index (κ3) is 6.00. The number of alkyl halides is 1. The Morgan fingerprint density at radius 2 is 1.56 bits per heavy atom. The van der Waals surface area contributed by atoms with E-state index < -0.39 is 5.41 Å². The van der Waals surface area contributed by atoms with E-state index in [1.807, 2.05) is 13.8 Å². The van der Waals surface area contributed by atoms with E-state index in [2.05, 4.69) is 10.6 Å². The quantitative estimate of drug-likeness (QED) is 0.631. The zero-order valence-corrected chi connectivity index (χ0v) is 19.6. The lowest BCUT2D eigenvalue weighted by Crippen LogP contribution is -2.55. The second-order valence-electron chi connectivity index (χ2n) is 9.57. The molecule has 2 N–H and O–H groups in total. The van der Waals surface area contributed by atoms with Gasteiger partial charge < -0.3 is 15.5 Å². The fourth-order valence-electron chi connectivity index (χ4n) is 4.46. The normalized spacial score (nSPS) is 22.3. The van der Waals surface area contributed by atoms with Crippen LogP contribution in [0.4, 0.5) is 4.39 Å². The van der Waals surface area contributed by atoms with Crippen LogP contribution in [-0.4, -0.2) is 53.7 Å². The van der Waals surface area contributed by atoms with Crippen molar-refractivity contribution < 1.29 is 18.8 Å². The van der Waals surface area contributed by atoms with Gasteiger partial charge in [-0.15, -0.1) is 11.6 Å². The van der Waals surface area contributed by atoms with Crippen molar-refractivity contribution in [1.82, 2.24) is 15.5 Å². The molecular weight excluding hydrogens is 433 g/mol. The first-order chi connectivity index (χ1) is 15.2. The Hall–Kier alpha value is -2.15. The van der Waals surface area contributed by atoms with Crippen LogP contribution in [-0.2, 0) is 9.59 Å². The van der Waals surface area contributed by atoms with Gasteiger partial charge in [-0.25, -0.2) is 4.39 Å². The van der Waals surface area contributed by atoms with E-state index in [4.69, 9.17) is 11.6 Å². The molecule has 3 amide bonds. The number of carbonyl (C=O) groups excluding carboxylic acids is 3. The molecule has 0 bridgehead atoms. The second kappa shape index (κ2) is 10.6. The van der Waals surface area contributed by atoms with E-state index in [0.717, 1.165) is 25.7 Å². The Morgan fingerprint density at radius 1 is 1.00 bits per heavy atom. The highest BCUT2D eigenvalue weighted by Gasteiger charge is 2.36. The minimum Gasteiger partial charge on any atom is -0.351 e. The number of likely N-dealkylation sites (tertiary alicyclic amines) is 1. The first-order valence-electron chi connectivity index (χ1n) is 11.4. The SMILES string of the molecule is CC(C)(CCl)C(=O)N1CCC(C(=O)NC2CCCC[C@H]2NC(=O)c2ccc(F)cc2)CC1. The van der Waals surface area contributed by atoms with Crippen molar-refractivity contribution in [2.45, 2.75) is 64.5 Å². The van der Waals surface area contributed by atoms with Crippen LogP contribution in [0.2, 0.25) is 0 Å².